The molecule has 0 spiro atoms. The van der Waals surface area contributed by atoms with Crippen molar-refractivity contribution >= 4 is 41.0 Å². The Bertz CT molecular complexity index is 2000. The fourth-order valence-electron chi connectivity index (χ4n) is 8.51. The number of imide groups is 1. The van der Waals surface area contributed by atoms with Crippen molar-refractivity contribution in [3.63, 3.8) is 0 Å². The van der Waals surface area contributed by atoms with E-state index in [0.717, 1.165) is 44.1 Å². The van der Waals surface area contributed by atoms with Gasteiger partial charge in [0.2, 0.25) is 11.8 Å². The highest BCUT2D eigenvalue weighted by atomic mass is 35.5. The molecular formula is C38H38ClFN8O5. The second-order valence-corrected chi connectivity index (χ2v) is 15.0. The van der Waals surface area contributed by atoms with Crippen molar-refractivity contribution in [3.8, 4) is 11.8 Å². The van der Waals surface area contributed by atoms with E-state index >= 15 is 4.39 Å². The molecule has 3 saturated heterocycles. The van der Waals surface area contributed by atoms with Crippen molar-refractivity contribution in [2.24, 2.45) is 0 Å². The summed E-state index contributed by atoms with van der Waals surface area (Å²) in [5, 5.41) is 23.5. The first-order valence-corrected chi connectivity index (χ1v) is 18.5. The number of nitrogens with zero attached hydrogens (tertiary/aromatic N) is 6. The van der Waals surface area contributed by atoms with Gasteiger partial charge >= 0.3 is 0 Å². The lowest BCUT2D eigenvalue weighted by atomic mass is 9.93. The van der Waals surface area contributed by atoms with Crippen LogP contribution in [0.4, 0.5) is 10.2 Å². The first kappa shape index (κ1) is 34.9. The van der Waals surface area contributed by atoms with Crippen LogP contribution in [0.3, 0.4) is 0 Å². The van der Waals surface area contributed by atoms with Crippen LogP contribution in [0, 0.1) is 17.1 Å². The van der Waals surface area contributed by atoms with Gasteiger partial charge in [-0.05, 0) is 86.4 Å². The Hall–Kier alpha value is -5.13. The van der Waals surface area contributed by atoms with Gasteiger partial charge < -0.3 is 19.9 Å². The zero-order valence-electron chi connectivity index (χ0n) is 28.9. The second kappa shape index (κ2) is 14.4. The zero-order valence-corrected chi connectivity index (χ0v) is 29.6. The fourth-order valence-corrected chi connectivity index (χ4v) is 8.72. The minimum Gasteiger partial charge on any atom is -0.490 e. The first-order chi connectivity index (χ1) is 25.6. The Labute approximate surface area is 310 Å². The summed E-state index contributed by atoms with van der Waals surface area (Å²) >= 11 is 6.14. The van der Waals surface area contributed by atoms with Crippen LogP contribution in [0.25, 0.3) is 0 Å². The number of nitriles is 1. The number of piperidine rings is 1. The largest absolute Gasteiger partial charge is 0.490 e. The van der Waals surface area contributed by atoms with Crippen molar-refractivity contribution < 1.29 is 28.3 Å². The third kappa shape index (κ3) is 7.03. The maximum atomic E-state index is 15.4. The summed E-state index contributed by atoms with van der Waals surface area (Å²) in [4.78, 5) is 56.2. The van der Waals surface area contributed by atoms with E-state index in [1.807, 2.05) is 18.2 Å². The molecule has 3 aromatic rings. The predicted octanol–water partition coefficient (Wildman–Crippen LogP) is 3.87. The van der Waals surface area contributed by atoms with Crippen molar-refractivity contribution in [1.29, 1.82) is 5.26 Å². The fraction of sp³-hybridized carbons (Fsp3) is 0.447. The van der Waals surface area contributed by atoms with Gasteiger partial charge in [0.05, 0.1) is 22.3 Å². The molecule has 5 heterocycles. The summed E-state index contributed by atoms with van der Waals surface area (Å²) in [6.07, 6.45) is 5.40. The number of ether oxygens (including phenoxy) is 1. The number of carbonyl (C=O) groups is 4. The van der Waals surface area contributed by atoms with Gasteiger partial charge in [0.15, 0.2) is 11.5 Å². The van der Waals surface area contributed by atoms with Gasteiger partial charge in [-0.3, -0.25) is 29.4 Å². The lowest BCUT2D eigenvalue weighted by Crippen LogP contribution is -2.53. The van der Waals surface area contributed by atoms with Gasteiger partial charge in [-0.1, -0.05) is 17.7 Å². The van der Waals surface area contributed by atoms with E-state index in [1.54, 1.807) is 24.3 Å². The highest BCUT2D eigenvalue weighted by Crippen LogP contribution is 2.36. The van der Waals surface area contributed by atoms with E-state index in [4.69, 9.17) is 21.6 Å². The molecule has 2 bridgehead atoms. The maximum Gasteiger partial charge on any atom is 0.272 e. The number of carbonyl (C=O) groups excluding carboxylic acids is 4. The summed E-state index contributed by atoms with van der Waals surface area (Å²) in [6, 6.07) is 13.6. The minimum absolute atomic E-state index is 0.0000535. The molecule has 274 valence electrons. The molecule has 15 heteroatoms. The van der Waals surface area contributed by atoms with Crippen molar-refractivity contribution in [1.82, 2.24) is 30.6 Å². The zero-order chi connectivity index (χ0) is 36.8. The highest BCUT2D eigenvalue weighted by Gasteiger charge is 2.43. The molecule has 4 aliphatic heterocycles. The highest BCUT2D eigenvalue weighted by molar-refractivity contribution is 6.31. The molecule has 2 N–H and O–H groups in total. The SMILES string of the molecule is N#Cc1ccc(OC2CCC(NC(=O)c3ccc(N4CC5CCC(C4)N5Cc4cc(F)c5c(c4)CN(C4CCC(=O)NC4=O)C5=O)nn3)CC2)cc1Cl. The molecule has 8 rings (SSSR count). The third-order valence-corrected chi connectivity index (χ3v) is 11.5. The van der Waals surface area contributed by atoms with E-state index < -0.39 is 23.7 Å². The van der Waals surface area contributed by atoms with E-state index in [-0.39, 0.29) is 66.7 Å². The first-order valence-electron chi connectivity index (χ1n) is 18.1. The van der Waals surface area contributed by atoms with Crippen LogP contribution in [0.1, 0.15) is 88.9 Å². The maximum absolute atomic E-state index is 15.4. The van der Waals surface area contributed by atoms with Crippen LogP contribution < -0.4 is 20.3 Å². The molecule has 1 aliphatic carbocycles. The number of halogens is 2. The molecule has 0 radical (unpaired) electrons. The van der Waals surface area contributed by atoms with Crippen LogP contribution in [0.15, 0.2) is 42.5 Å². The monoisotopic (exact) mass is 740 g/mol. The average Bonchev–Trinajstić information content (AvgIpc) is 3.58. The molecule has 4 fully saturated rings. The minimum atomic E-state index is -0.791. The quantitative estimate of drug-likeness (QED) is 0.325. The molecule has 1 aromatic heterocycles. The van der Waals surface area contributed by atoms with Gasteiger partial charge in [-0.25, -0.2) is 4.39 Å². The van der Waals surface area contributed by atoms with Gasteiger partial charge in [0.25, 0.3) is 11.8 Å². The van der Waals surface area contributed by atoms with Crippen LogP contribution >= 0.6 is 11.6 Å². The average molecular weight is 741 g/mol. The summed E-state index contributed by atoms with van der Waals surface area (Å²) in [7, 11) is 0. The predicted molar refractivity (Wildman–Crippen MR) is 189 cm³/mol. The molecular weight excluding hydrogens is 703 g/mol. The Morgan fingerprint density at radius 1 is 1.00 bits per heavy atom. The van der Waals surface area contributed by atoms with Crippen molar-refractivity contribution in [2.45, 2.75) is 94.7 Å². The number of rotatable bonds is 8. The number of piperazine rings is 1. The molecule has 53 heavy (non-hydrogen) atoms. The van der Waals surface area contributed by atoms with Gasteiger partial charge in [-0.2, -0.15) is 5.26 Å². The lowest BCUT2D eigenvalue weighted by molar-refractivity contribution is -0.136. The number of nitrogens with one attached hydrogen (secondary N) is 2. The molecule has 5 aliphatic rings. The number of aromatic nitrogens is 2. The summed E-state index contributed by atoms with van der Waals surface area (Å²) in [5.41, 5.74) is 2.01. The van der Waals surface area contributed by atoms with Crippen LogP contribution in [-0.2, 0) is 22.7 Å². The smallest absolute Gasteiger partial charge is 0.272 e. The van der Waals surface area contributed by atoms with E-state index in [0.29, 0.717) is 47.4 Å². The van der Waals surface area contributed by atoms with Gasteiger partial charge in [-0.15, -0.1) is 10.2 Å². The number of anilines is 1. The standard InChI is InChI=1S/C38H38ClFN8O5/c39-29-15-28(6-1-22(29)16-41)53-27-7-2-24(3-8-27)42-36(50)31-9-11-33(45-44-31)46-19-25-4-5-26(20-46)47(25)17-21-13-23-18-48(38(52)35(23)30(40)14-21)32-10-12-34(49)43-37(32)51/h1,6,9,11,13-15,24-27,32H,2-5,7-8,10,12,17-20H2,(H,42,50)(H,43,49,51). The molecule has 3 unspecified atom stereocenters. The van der Waals surface area contributed by atoms with E-state index in [2.05, 4.69) is 30.6 Å². The van der Waals surface area contributed by atoms with Gasteiger partial charge in [0.1, 0.15) is 23.7 Å². The van der Waals surface area contributed by atoms with Crippen molar-refractivity contribution in [2.75, 3.05) is 18.0 Å². The Balaban J connectivity index is 0.835. The summed E-state index contributed by atoms with van der Waals surface area (Å²) < 4.78 is 21.5. The Morgan fingerprint density at radius 3 is 2.45 bits per heavy atom. The van der Waals surface area contributed by atoms with Crippen LogP contribution in [-0.4, -0.2) is 87.0 Å². The number of amides is 4. The molecule has 13 nitrogen and oxygen atoms in total. The molecule has 4 amide bonds. The molecule has 1 saturated carbocycles. The lowest BCUT2D eigenvalue weighted by Gasteiger charge is -2.41. The van der Waals surface area contributed by atoms with Crippen molar-refractivity contribution in [3.05, 3.63) is 81.3 Å². The third-order valence-electron chi connectivity index (χ3n) is 11.2. The molecule has 3 atom stereocenters. The number of benzene rings is 2. The number of fused-ring (bicyclic) bond motifs is 3. The normalized spacial score (nSPS) is 25.5. The van der Waals surface area contributed by atoms with Crippen LogP contribution in [0.2, 0.25) is 5.02 Å². The summed E-state index contributed by atoms with van der Waals surface area (Å²) in [6.45, 7) is 2.09. The topological polar surface area (TPSA) is 161 Å². The van der Waals surface area contributed by atoms with E-state index in [1.165, 1.54) is 11.0 Å². The summed E-state index contributed by atoms with van der Waals surface area (Å²) in [5.74, 6) is -0.922. The van der Waals surface area contributed by atoms with Gasteiger partial charge in [0, 0.05) is 56.8 Å². The molecule has 2 aromatic carbocycles. The number of hydrogen-bond acceptors (Lipinski definition) is 10. The Morgan fingerprint density at radius 2 is 1.77 bits per heavy atom. The van der Waals surface area contributed by atoms with Crippen LogP contribution in [0.5, 0.6) is 5.75 Å². The van der Waals surface area contributed by atoms with E-state index in [9.17, 15) is 19.2 Å². The number of hydrogen-bond donors (Lipinski definition) is 2. The second-order valence-electron chi connectivity index (χ2n) is 14.6. The Kier molecular flexibility index (Phi) is 9.46.